The van der Waals surface area contributed by atoms with Gasteiger partial charge in [0.05, 0.1) is 29.5 Å². The first-order chi connectivity index (χ1) is 11.6. The minimum atomic E-state index is -0.377. The predicted octanol–water partition coefficient (Wildman–Crippen LogP) is 2.36. The van der Waals surface area contributed by atoms with Crippen molar-refractivity contribution in [3.63, 3.8) is 0 Å². The molecule has 0 spiro atoms. The van der Waals surface area contributed by atoms with Gasteiger partial charge in [-0.15, -0.1) is 0 Å². The Balaban J connectivity index is 2.06. The molecule has 1 aromatic carbocycles. The molecule has 0 atom stereocenters. The molecule has 1 aliphatic carbocycles. The first-order valence-electron chi connectivity index (χ1n) is 7.93. The average molecular weight is 348 g/mol. The van der Waals surface area contributed by atoms with Gasteiger partial charge < -0.3 is 14.0 Å². The van der Waals surface area contributed by atoms with Gasteiger partial charge in [-0.25, -0.2) is 4.79 Å². The number of carbonyl (C=O) groups is 2. The molecular formula is C17H20N2O4S. The van der Waals surface area contributed by atoms with Crippen LogP contribution in [0, 0.1) is 5.92 Å². The summed E-state index contributed by atoms with van der Waals surface area (Å²) in [6, 6.07) is 5.37. The van der Waals surface area contributed by atoms with E-state index in [4.69, 9.17) is 9.47 Å². The van der Waals surface area contributed by atoms with Crippen molar-refractivity contribution in [1.29, 1.82) is 0 Å². The highest BCUT2D eigenvalue weighted by molar-refractivity contribution is 7.16. The van der Waals surface area contributed by atoms with E-state index in [2.05, 4.69) is 4.99 Å². The molecule has 1 fully saturated rings. The van der Waals surface area contributed by atoms with Crippen LogP contribution in [0.5, 0.6) is 0 Å². The van der Waals surface area contributed by atoms with Crippen LogP contribution in [0.2, 0.25) is 0 Å². The SMILES string of the molecule is COCCn1c(=NC(=O)C2CCC2)sc2cc(C(=O)OC)ccc21. The largest absolute Gasteiger partial charge is 0.465 e. The molecule has 0 unspecified atom stereocenters. The number of rotatable bonds is 5. The topological polar surface area (TPSA) is 69.9 Å². The molecule has 0 N–H and O–H groups in total. The van der Waals surface area contributed by atoms with Crippen LogP contribution in [0.25, 0.3) is 10.2 Å². The highest BCUT2D eigenvalue weighted by Crippen LogP contribution is 2.27. The zero-order chi connectivity index (χ0) is 17.1. The second-order valence-corrected chi connectivity index (χ2v) is 6.79. The maximum absolute atomic E-state index is 12.2. The highest BCUT2D eigenvalue weighted by atomic mass is 32.1. The Hall–Kier alpha value is -1.99. The fourth-order valence-corrected chi connectivity index (χ4v) is 3.74. The van der Waals surface area contributed by atoms with Gasteiger partial charge in [0.15, 0.2) is 4.80 Å². The van der Waals surface area contributed by atoms with Crippen LogP contribution >= 0.6 is 11.3 Å². The van der Waals surface area contributed by atoms with Crippen LogP contribution < -0.4 is 4.80 Å². The molecule has 7 heteroatoms. The number of methoxy groups -OCH3 is 2. The van der Waals surface area contributed by atoms with Crippen molar-refractivity contribution in [3.8, 4) is 0 Å². The summed E-state index contributed by atoms with van der Waals surface area (Å²) in [5, 5.41) is 0. The molecule has 1 heterocycles. The lowest BCUT2D eigenvalue weighted by atomic mass is 9.85. The van der Waals surface area contributed by atoms with E-state index in [0.29, 0.717) is 23.5 Å². The predicted molar refractivity (Wildman–Crippen MR) is 90.9 cm³/mol. The van der Waals surface area contributed by atoms with Crippen molar-refractivity contribution in [2.75, 3.05) is 20.8 Å². The summed E-state index contributed by atoms with van der Waals surface area (Å²) in [5.41, 5.74) is 1.42. The number of thiazole rings is 1. The van der Waals surface area contributed by atoms with Gasteiger partial charge in [0.25, 0.3) is 5.91 Å². The molecule has 3 rings (SSSR count). The number of aromatic nitrogens is 1. The maximum atomic E-state index is 12.2. The second-order valence-electron chi connectivity index (χ2n) is 5.78. The van der Waals surface area contributed by atoms with Crippen LogP contribution in [0.1, 0.15) is 29.6 Å². The average Bonchev–Trinajstić information content (AvgIpc) is 2.86. The monoisotopic (exact) mass is 348 g/mol. The molecule has 128 valence electrons. The molecule has 1 aromatic heterocycles. The van der Waals surface area contributed by atoms with Crippen molar-refractivity contribution >= 4 is 33.4 Å². The zero-order valence-electron chi connectivity index (χ0n) is 13.8. The zero-order valence-corrected chi connectivity index (χ0v) is 14.6. The number of hydrogen-bond acceptors (Lipinski definition) is 5. The van der Waals surface area contributed by atoms with E-state index in [-0.39, 0.29) is 17.8 Å². The second kappa shape index (κ2) is 7.27. The quantitative estimate of drug-likeness (QED) is 0.778. The van der Waals surface area contributed by atoms with Gasteiger partial charge in [-0.1, -0.05) is 17.8 Å². The van der Waals surface area contributed by atoms with E-state index < -0.39 is 0 Å². The number of fused-ring (bicyclic) bond motifs is 1. The number of amides is 1. The Kier molecular flexibility index (Phi) is 5.11. The third kappa shape index (κ3) is 3.27. The van der Waals surface area contributed by atoms with Crippen LogP contribution in [-0.2, 0) is 20.8 Å². The van der Waals surface area contributed by atoms with Gasteiger partial charge in [-0.2, -0.15) is 4.99 Å². The Morgan fingerprint density at radius 1 is 1.33 bits per heavy atom. The third-order valence-electron chi connectivity index (χ3n) is 4.28. The summed E-state index contributed by atoms with van der Waals surface area (Å²) >= 11 is 1.41. The molecule has 24 heavy (non-hydrogen) atoms. The van der Waals surface area contributed by atoms with E-state index in [1.165, 1.54) is 18.4 Å². The highest BCUT2D eigenvalue weighted by Gasteiger charge is 2.25. The molecule has 1 aliphatic rings. The molecular weight excluding hydrogens is 328 g/mol. The standard InChI is InChI=1S/C17H20N2O4S/c1-22-9-8-19-13-7-6-12(16(21)23-2)10-14(13)24-17(19)18-15(20)11-4-3-5-11/h6-7,10-11H,3-5,8-9H2,1-2H3. The van der Waals surface area contributed by atoms with Gasteiger partial charge in [-0.3, -0.25) is 4.79 Å². The number of ether oxygens (including phenoxy) is 2. The lowest BCUT2D eigenvalue weighted by Crippen LogP contribution is -2.25. The Morgan fingerprint density at radius 3 is 2.75 bits per heavy atom. The Bertz CT molecular complexity index is 833. The maximum Gasteiger partial charge on any atom is 0.337 e. The fraction of sp³-hybridized carbons (Fsp3) is 0.471. The van der Waals surface area contributed by atoms with Gasteiger partial charge in [0.1, 0.15) is 0 Å². The Morgan fingerprint density at radius 2 is 2.12 bits per heavy atom. The summed E-state index contributed by atoms with van der Waals surface area (Å²) in [4.78, 5) is 28.9. The molecule has 2 aromatic rings. The van der Waals surface area contributed by atoms with E-state index >= 15 is 0 Å². The van der Waals surface area contributed by atoms with Crippen LogP contribution in [0.15, 0.2) is 23.2 Å². The van der Waals surface area contributed by atoms with Gasteiger partial charge in [0.2, 0.25) is 0 Å². The normalized spacial score (nSPS) is 15.5. The summed E-state index contributed by atoms with van der Waals surface area (Å²) < 4.78 is 12.8. The molecule has 0 saturated heterocycles. The fourth-order valence-electron chi connectivity index (χ4n) is 2.64. The molecule has 6 nitrogen and oxygen atoms in total. The summed E-state index contributed by atoms with van der Waals surface area (Å²) in [6.07, 6.45) is 2.96. The number of nitrogens with zero attached hydrogens (tertiary/aromatic N) is 2. The molecule has 1 saturated carbocycles. The number of carbonyl (C=O) groups excluding carboxylic acids is 2. The number of esters is 1. The van der Waals surface area contributed by atoms with Crippen LogP contribution in [0.3, 0.4) is 0 Å². The minimum Gasteiger partial charge on any atom is -0.465 e. The summed E-state index contributed by atoms with van der Waals surface area (Å²) in [7, 11) is 3.00. The van der Waals surface area contributed by atoms with E-state index in [0.717, 1.165) is 29.5 Å². The van der Waals surface area contributed by atoms with Crippen molar-refractivity contribution in [2.24, 2.45) is 10.9 Å². The summed E-state index contributed by atoms with van der Waals surface area (Å²) in [5.74, 6) is -0.360. The van der Waals surface area contributed by atoms with Crippen LogP contribution in [-0.4, -0.2) is 37.3 Å². The van der Waals surface area contributed by atoms with E-state index in [1.807, 2.05) is 10.6 Å². The first kappa shape index (κ1) is 16.9. The first-order valence-corrected chi connectivity index (χ1v) is 8.75. The van der Waals surface area contributed by atoms with Crippen LogP contribution in [0.4, 0.5) is 0 Å². The number of benzene rings is 1. The lowest BCUT2D eigenvalue weighted by molar-refractivity contribution is -0.124. The molecule has 0 bridgehead atoms. The lowest BCUT2D eigenvalue weighted by Gasteiger charge is -2.20. The van der Waals surface area contributed by atoms with E-state index in [1.54, 1.807) is 19.2 Å². The third-order valence-corrected chi connectivity index (χ3v) is 5.32. The summed E-state index contributed by atoms with van der Waals surface area (Å²) in [6.45, 7) is 1.13. The van der Waals surface area contributed by atoms with Gasteiger partial charge in [0, 0.05) is 19.6 Å². The molecule has 0 aliphatic heterocycles. The van der Waals surface area contributed by atoms with Crippen molar-refractivity contribution in [1.82, 2.24) is 4.57 Å². The van der Waals surface area contributed by atoms with E-state index in [9.17, 15) is 9.59 Å². The number of hydrogen-bond donors (Lipinski definition) is 0. The Labute approximate surface area is 143 Å². The van der Waals surface area contributed by atoms with Crippen molar-refractivity contribution in [3.05, 3.63) is 28.6 Å². The molecule has 0 radical (unpaired) electrons. The van der Waals surface area contributed by atoms with Crippen molar-refractivity contribution < 1.29 is 19.1 Å². The van der Waals surface area contributed by atoms with Crippen molar-refractivity contribution in [2.45, 2.75) is 25.8 Å². The molecule has 1 amide bonds. The smallest absolute Gasteiger partial charge is 0.337 e. The minimum absolute atomic E-state index is 0.0489. The van der Waals surface area contributed by atoms with Gasteiger partial charge in [-0.05, 0) is 31.0 Å². The van der Waals surface area contributed by atoms with Gasteiger partial charge >= 0.3 is 5.97 Å².